The van der Waals surface area contributed by atoms with Crippen LogP contribution in [-0.2, 0) is 6.42 Å². The molecule has 100 valence electrons. The molecule has 0 aromatic carbocycles. The number of amides is 1. The standard InChI is InChI=1S/C15H19N3O/c1-10-5-4-7-17-14(10)9-11(2)18-15(19)13-6-8-16-12(13)3/h4-8,11,16H,9H2,1-3H3,(H,18,19). The van der Waals surface area contributed by atoms with E-state index in [0.29, 0.717) is 5.56 Å². The van der Waals surface area contributed by atoms with Gasteiger partial charge in [0.25, 0.3) is 5.91 Å². The number of hydrogen-bond acceptors (Lipinski definition) is 2. The second kappa shape index (κ2) is 5.69. The van der Waals surface area contributed by atoms with Crippen molar-refractivity contribution in [1.82, 2.24) is 15.3 Å². The fourth-order valence-corrected chi connectivity index (χ4v) is 2.07. The number of aromatic amines is 1. The molecule has 1 atom stereocenters. The quantitative estimate of drug-likeness (QED) is 0.883. The molecule has 19 heavy (non-hydrogen) atoms. The van der Waals surface area contributed by atoms with Crippen LogP contribution in [-0.4, -0.2) is 21.9 Å². The molecule has 0 bridgehead atoms. The molecule has 2 rings (SSSR count). The van der Waals surface area contributed by atoms with E-state index in [4.69, 9.17) is 0 Å². The second-order valence-corrected chi connectivity index (χ2v) is 4.86. The summed E-state index contributed by atoms with van der Waals surface area (Å²) in [5.74, 6) is -0.0418. The van der Waals surface area contributed by atoms with Crippen molar-refractivity contribution >= 4 is 5.91 Å². The van der Waals surface area contributed by atoms with Gasteiger partial charge in [0.05, 0.1) is 5.56 Å². The van der Waals surface area contributed by atoms with Gasteiger partial charge in [0.2, 0.25) is 0 Å². The minimum atomic E-state index is -0.0418. The van der Waals surface area contributed by atoms with E-state index in [-0.39, 0.29) is 11.9 Å². The number of carbonyl (C=O) groups excluding carboxylic acids is 1. The van der Waals surface area contributed by atoms with Crippen LogP contribution in [0.1, 0.15) is 34.2 Å². The lowest BCUT2D eigenvalue weighted by Gasteiger charge is -2.14. The average Bonchev–Trinajstić information content (AvgIpc) is 2.78. The van der Waals surface area contributed by atoms with Gasteiger partial charge in [-0.1, -0.05) is 6.07 Å². The zero-order chi connectivity index (χ0) is 13.8. The van der Waals surface area contributed by atoms with Crippen molar-refractivity contribution in [2.75, 3.05) is 0 Å². The van der Waals surface area contributed by atoms with Crippen molar-refractivity contribution < 1.29 is 4.79 Å². The highest BCUT2D eigenvalue weighted by Gasteiger charge is 2.13. The molecule has 4 nitrogen and oxygen atoms in total. The maximum Gasteiger partial charge on any atom is 0.253 e. The Morgan fingerprint density at radius 2 is 2.21 bits per heavy atom. The number of carbonyl (C=O) groups is 1. The Labute approximate surface area is 113 Å². The van der Waals surface area contributed by atoms with Crippen LogP contribution in [0.2, 0.25) is 0 Å². The first-order valence-corrected chi connectivity index (χ1v) is 6.43. The highest BCUT2D eigenvalue weighted by molar-refractivity contribution is 5.95. The molecule has 0 spiro atoms. The van der Waals surface area contributed by atoms with Crippen LogP contribution in [0.25, 0.3) is 0 Å². The van der Waals surface area contributed by atoms with Gasteiger partial charge in [-0.3, -0.25) is 9.78 Å². The Balaban J connectivity index is 1.99. The summed E-state index contributed by atoms with van der Waals surface area (Å²) in [7, 11) is 0. The van der Waals surface area contributed by atoms with Gasteiger partial charge in [-0.25, -0.2) is 0 Å². The number of pyridine rings is 1. The van der Waals surface area contributed by atoms with Gasteiger partial charge < -0.3 is 10.3 Å². The SMILES string of the molecule is Cc1cccnc1CC(C)NC(=O)c1cc[nH]c1C. The first-order chi connectivity index (χ1) is 9.08. The van der Waals surface area contributed by atoms with Gasteiger partial charge in [0, 0.05) is 36.2 Å². The zero-order valence-corrected chi connectivity index (χ0v) is 11.5. The molecule has 0 aliphatic heterocycles. The topological polar surface area (TPSA) is 57.8 Å². The molecule has 0 saturated carbocycles. The molecule has 0 aliphatic rings. The van der Waals surface area contributed by atoms with Crippen molar-refractivity contribution in [1.29, 1.82) is 0 Å². The third kappa shape index (κ3) is 3.22. The van der Waals surface area contributed by atoms with E-state index < -0.39 is 0 Å². The molecule has 2 N–H and O–H groups in total. The smallest absolute Gasteiger partial charge is 0.253 e. The van der Waals surface area contributed by atoms with E-state index in [1.165, 1.54) is 0 Å². The number of nitrogens with zero attached hydrogens (tertiary/aromatic N) is 1. The van der Waals surface area contributed by atoms with E-state index >= 15 is 0 Å². The number of aryl methyl sites for hydroxylation is 2. The number of H-pyrrole nitrogens is 1. The van der Waals surface area contributed by atoms with Gasteiger partial charge in [0.1, 0.15) is 0 Å². The Hall–Kier alpha value is -2.10. The summed E-state index contributed by atoms with van der Waals surface area (Å²) in [4.78, 5) is 19.4. The van der Waals surface area contributed by atoms with Crippen LogP contribution in [0.4, 0.5) is 0 Å². The Morgan fingerprint density at radius 1 is 1.42 bits per heavy atom. The normalized spacial score (nSPS) is 12.2. The van der Waals surface area contributed by atoms with Gasteiger partial charge in [-0.15, -0.1) is 0 Å². The summed E-state index contributed by atoms with van der Waals surface area (Å²) in [6.45, 7) is 5.92. The number of hydrogen-bond donors (Lipinski definition) is 2. The van der Waals surface area contributed by atoms with Crippen LogP contribution >= 0.6 is 0 Å². The van der Waals surface area contributed by atoms with Crippen LogP contribution in [0, 0.1) is 13.8 Å². The fraction of sp³-hybridized carbons (Fsp3) is 0.333. The zero-order valence-electron chi connectivity index (χ0n) is 11.5. The largest absolute Gasteiger partial charge is 0.365 e. The molecule has 2 aromatic heterocycles. The van der Waals surface area contributed by atoms with Gasteiger partial charge >= 0.3 is 0 Å². The van der Waals surface area contributed by atoms with E-state index in [1.54, 1.807) is 18.5 Å². The van der Waals surface area contributed by atoms with Crippen molar-refractivity contribution in [3.05, 3.63) is 53.1 Å². The van der Waals surface area contributed by atoms with Crippen LogP contribution in [0.5, 0.6) is 0 Å². The first-order valence-electron chi connectivity index (χ1n) is 6.43. The summed E-state index contributed by atoms with van der Waals surface area (Å²) in [6.07, 6.45) is 4.30. The molecule has 0 saturated heterocycles. The molecule has 4 heteroatoms. The molecule has 1 unspecified atom stereocenters. The third-order valence-corrected chi connectivity index (χ3v) is 3.19. The van der Waals surface area contributed by atoms with Gasteiger partial charge in [-0.2, -0.15) is 0 Å². The fourth-order valence-electron chi connectivity index (χ4n) is 2.07. The Morgan fingerprint density at radius 3 is 2.84 bits per heavy atom. The lowest BCUT2D eigenvalue weighted by atomic mass is 10.1. The number of rotatable bonds is 4. The maximum absolute atomic E-state index is 12.1. The third-order valence-electron chi connectivity index (χ3n) is 3.19. The van der Waals surface area contributed by atoms with Crippen molar-refractivity contribution in [2.24, 2.45) is 0 Å². The van der Waals surface area contributed by atoms with Crippen LogP contribution in [0.3, 0.4) is 0 Å². The lowest BCUT2D eigenvalue weighted by molar-refractivity contribution is 0.0939. The molecular weight excluding hydrogens is 238 g/mol. The van der Waals surface area contributed by atoms with Crippen molar-refractivity contribution in [3.63, 3.8) is 0 Å². The summed E-state index contributed by atoms with van der Waals surface area (Å²) in [6, 6.07) is 5.80. The molecular formula is C15H19N3O. The molecule has 1 amide bonds. The summed E-state index contributed by atoms with van der Waals surface area (Å²) in [5, 5.41) is 3.00. The van der Waals surface area contributed by atoms with E-state index in [1.807, 2.05) is 32.9 Å². The first kappa shape index (κ1) is 13.3. The van der Waals surface area contributed by atoms with E-state index in [9.17, 15) is 4.79 Å². The second-order valence-electron chi connectivity index (χ2n) is 4.86. The molecule has 0 radical (unpaired) electrons. The summed E-state index contributed by atoms with van der Waals surface area (Å²) >= 11 is 0. The highest BCUT2D eigenvalue weighted by Crippen LogP contribution is 2.08. The van der Waals surface area contributed by atoms with Crippen molar-refractivity contribution in [2.45, 2.75) is 33.2 Å². The Bertz CT molecular complexity index is 574. The van der Waals surface area contributed by atoms with E-state index in [2.05, 4.69) is 15.3 Å². The lowest BCUT2D eigenvalue weighted by Crippen LogP contribution is -2.34. The van der Waals surface area contributed by atoms with Gasteiger partial charge in [-0.05, 0) is 38.5 Å². The summed E-state index contributed by atoms with van der Waals surface area (Å²) < 4.78 is 0. The highest BCUT2D eigenvalue weighted by atomic mass is 16.1. The maximum atomic E-state index is 12.1. The monoisotopic (exact) mass is 257 g/mol. The summed E-state index contributed by atoms with van der Waals surface area (Å²) in [5.41, 5.74) is 3.77. The van der Waals surface area contributed by atoms with Crippen molar-refractivity contribution in [3.8, 4) is 0 Å². The Kier molecular flexibility index (Phi) is 4.00. The van der Waals surface area contributed by atoms with E-state index in [0.717, 1.165) is 23.4 Å². The molecule has 2 aromatic rings. The predicted molar refractivity (Wildman–Crippen MR) is 75.1 cm³/mol. The average molecular weight is 257 g/mol. The minimum Gasteiger partial charge on any atom is -0.365 e. The number of aromatic nitrogens is 2. The number of nitrogens with one attached hydrogen (secondary N) is 2. The van der Waals surface area contributed by atoms with Crippen LogP contribution in [0.15, 0.2) is 30.6 Å². The molecule has 0 fully saturated rings. The molecule has 2 heterocycles. The van der Waals surface area contributed by atoms with Crippen LogP contribution < -0.4 is 5.32 Å². The predicted octanol–water partition coefficient (Wildman–Crippen LogP) is 2.39. The van der Waals surface area contributed by atoms with Gasteiger partial charge in [0.15, 0.2) is 0 Å². The molecule has 0 aliphatic carbocycles. The minimum absolute atomic E-state index is 0.0418.